The molecule has 4 nitrogen and oxygen atoms in total. The third-order valence-electron chi connectivity index (χ3n) is 3.91. The lowest BCUT2D eigenvalue weighted by molar-refractivity contribution is 0.0924. The SMILES string of the molecule is Nc1c(C(=O)NC2CCCCC2)[nH]c2ccccc12. The number of aromatic nitrogens is 1. The van der Waals surface area contributed by atoms with Crippen LogP contribution in [0.1, 0.15) is 42.6 Å². The predicted octanol–water partition coefficient (Wildman–Crippen LogP) is 2.81. The summed E-state index contributed by atoms with van der Waals surface area (Å²) in [6, 6.07) is 8.02. The molecule has 1 saturated carbocycles. The molecule has 0 spiro atoms. The van der Waals surface area contributed by atoms with E-state index in [1.54, 1.807) is 0 Å². The standard InChI is InChI=1S/C15H19N3O/c16-13-11-8-4-5-9-12(11)18-14(13)15(19)17-10-6-2-1-3-7-10/h4-5,8-10,18H,1-3,6-7,16H2,(H,17,19). The number of anilines is 1. The molecule has 4 heteroatoms. The second kappa shape index (κ2) is 4.96. The van der Waals surface area contributed by atoms with E-state index in [9.17, 15) is 4.79 Å². The minimum absolute atomic E-state index is 0.0828. The van der Waals surface area contributed by atoms with Gasteiger partial charge in [0.05, 0.1) is 5.69 Å². The van der Waals surface area contributed by atoms with Gasteiger partial charge in [0.25, 0.3) is 5.91 Å². The van der Waals surface area contributed by atoms with Gasteiger partial charge in [-0.25, -0.2) is 0 Å². The lowest BCUT2D eigenvalue weighted by Crippen LogP contribution is -2.36. The second-order valence-electron chi connectivity index (χ2n) is 5.27. The lowest BCUT2D eigenvalue weighted by Gasteiger charge is -2.22. The van der Waals surface area contributed by atoms with Crippen LogP contribution in [0.2, 0.25) is 0 Å². The highest BCUT2D eigenvalue weighted by molar-refractivity contribution is 6.07. The first-order valence-electron chi connectivity index (χ1n) is 6.93. The van der Waals surface area contributed by atoms with E-state index in [0.29, 0.717) is 17.4 Å². The fraction of sp³-hybridized carbons (Fsp3) is 0.400. The number of nitrogen functional groups attached to an aromatic ring is 1. The third-order valence-corrected chi connectivity index (χ3v) is 3.91. The van der Waals surface area contributed by atoms with Gasteiger partial charge in [-0.15, -0.1) is 0 Å². The summed E-state index contributed by atoms with van der Waals surface area (Å²) in [5.74, 6) is -0.0828. The van der Waals surface area contributed by atoms with Gasteiger partial charge in [-0.3, -0.25) is 4.79 Å². The molecule has 1 aliphatic carbocycles. The summed E-state index contributed by atoms with van der Waals surface area (Å²) in [6.07, 6.45) is 5.83. The van der Waals surface area contributed by atoms with Crippen molar-refractivity contribution in [1.82, 2.24) is 10.3 Å². The maximum atomic E-state index is 12.3. The van der Waals surface area contributed by atoms with Crippen molar-refractivity contribution in [2.24, 2.45) is 0 Å². The van der Waals surface area contributed by atoms with Gasteiger partial charge in [0.2, 0.25) is 0 Å². The van der Waals surface area contributed by atoms with Gasteiger partial charge < -0.3 is 16.0 Å². The summed E-state index contributed by atoms with van der Waals surface area (Å²) in [4.78, 5) is 15.4. The number of carbonyl (C=O) groups is 1. The quantitative estimate of drug-likeness (QED) is 0.774. The third kappa shape index (κ3) is 2.30. The van der Waals surface area contributed by atoms with Crippen LogP contribution in [-0.4, -0.2) is 16.9 Å². The largest absolute Gasteiger partial charge is 0.396 e. The van der Waals surface area contributed by atoms with Crippen LogP contribution in [0.5, 0.6) is 0 Å². The molecule has 0 aliphatic heterocycles. The zero-order valence-electron chi connectivity index (χ0n) is 10.9. The Morgan fingerprint density at radius 2 is 1.95 bits per heavy atom. The number of nitrogens with two attached hydrogens (primary N) is 1. The molecule has 2 aromatic rings. The number of amides is 1. The average Bonchev–Trinajstić information content (AvgIpc) is 2.78. The fourth-order valence-electron chi connectivity index (χ4n) is 2.85. The molecule has 0 saturated heterocycles. The molecule has 1 aromatic heterocycles. The van der Waals surface area contributed by atoms with Gasteiger partial charge in [0.15, 0.2) is 0 Å². The van der Waals surface area contributed by atoms with Crippen LogP contribution in [0, 0.1) is 0 Å². The van der Waals surface area contributed by atoms with Crippen molar-refractivity contribution in [3.05, 3.63) is 30.0 Å². The number of nitrogens with one attached hydrogen (secondary N) is 2. The Balaban J connectivity index is 1.83. The number of hydrogen-bond donors (Lipinski definition) is 3. The lowest BCUT2D eigenvalue weighted by atomic mass is 9.95. The van der Waals surface area contributed by atoms with E-state index in [2.05, 4.69) is 10.3 Å². The van der Waals surface area contributed by atoms with Crippen LogP contribution in [0.3, 0.4) is 0 Å². The van der Waals surface area contributed by atoms with Crippen LogP contribution in [-0.2, 0) is 0 Å². The molecular formula is C15H19N3O. The van der Waals surface area contributed by atoms with Gasteiger partial charge >= 0.3 is 0 Å². The Hall–Kier alpha value is -1.97. The Labute approximate surface area is 112 Å². The summed E-state index contributed by atoms with van der Waals surface area (Å²) >= 11 is 0. The normalized spacial score (nSPS) is 16.6. The van der Waals surface area contributed by atoms with E-state index < -0.39 is 0 Å². The maximum Gasteiger partial charge on any atom is 0.270 e. The highest BCUT2D eigenvalue weighted by Gasteiger charge is 2.20. The molecular weight excluding hydrogens is 238 g/mol. The van der Waals surface area contributed by atoms with Gasteiger partial charge in [-0.2, -0.15) is 0 Å². The van der Waals surface area contributed by atoms with Crippen molar-refractivity contribution in [1.29, 1.82) is 0 Å². The van der Waals surface area contributed by atoms with Gasteiger partial charge in [0, 0.05) is 16.9 Å². The van der Waals surface area contributed by atoms with Crippen molar-refractivity contribution in [3.63, 3.8) is 0 Å². The Bertz CT molecular complexity index is 596. The van der Waals surface area contributed by atoms with Gasteiger partial charge in [-0.05, 0) is 18.9 Å². The number of para-hydroxylation sites is 1. The second-order valence-corrected chi connectivity index (χ2v) is 5.27. The zero-order valence-corrected chi connectivity index (χ0v) is 10.9. The van der Waals surface area contributed by atoms with Crippen LogP contribution in [0.15, 0.2) is 24.3 Å². The monoisotopic (exact) mass is 257 g/mol. The minimum atomic E-state index is -0.0828. The van der Waals surface area contributed by atoms with Gasteiger partial charge in [-0.1, -0.05) is 37.5 Å². The molecule has 0 atom stereocenters. The number of benzene rings is 1. The predicted molar refractivity (Wildman–Crippen MR) is 77.1 cm³/mol. The van der Waals surface area contributed by atoms with Crippen molar-refractivity contribution < 1.29 is 4.79 Å². The van der Waals surface area contributed by atoms with Crippen molar-refractivity contribution in [3.8, 4) is 0 Å². The number of carbonyl (C=O) groups excluding carboxylic acids is 1. The van der Waals surface area contributed by atoms with Crippen molar-refractivity contribution in [2.75, 3.05) is 5.73 Å². The van der Waals surface area contributed by atoms with Crippen LogP contribution < -0.4 is 11.1 Å². The van der Waals surface area contributed by atoms with E-state index in [1.807, 2.05) is 24.3 Å². The molecule has 19 heavy (non-hydrogen) atoms. The Morgan fingerprint density at radius 3 is 2.68 bits per heavy atom. The molecule has 1 aromatic carbocycles. The highest BCUT2D eigenvalue weighted by Crippen LogP contribution is 2.25. The van der Waals surface area contributed by atoms with E-state index >= 15 is 0 Å². The highest BCUT2D eigenvalue weighted by atomic mass is 16.2. The molecule has 100 valence electrons. The number of fused-ring (bicyclic) bond motifs is 1. The summed E-state index contributed by atoms with van der Waals surface area (Å²) in [5, 5.41) is 4.00. The molecule has 0 radical (unpaired) electrons. The molecule has 1 amide bonds. The summed E-state index contributed by atoms with van der Waals surface area (Å²) in [7, 11) is 0. The van der Waals surface area contributed by atoms with E-state index in [-0.39, 0.29) is 5.91 Å². The van der Waals surface area contributed by atoms with Crippen LogP contribution in [0.4, 0.5) is 5.69 Å². The molecule has 3 rings (SSSR count). The molecule has 1 heterocycles. The number of hydrogen-bond acceptors (Lipinski definition) is 2. The maximum absolute atomic E-state index is 12.3. The molecule has 1 aliphatic rings. The van der Waals surface area contributed by atoms with Crippen LogP contribution >= 0.6 is 0 Å². The first kappa shape index (κ1) is 12.1. The number of aromatic amines is 1. The Kier molecular flexibility index (Phi) is 3.15. The van der Waals surface area contributed by atoms with Crippen LogP contribution in [0.25, 0.3) is 10.9 Å². The van der Waals surface area contributed by atoms with E-state index in [0.717, 1.165) is 23.7 Å². The Morgan fingerprint density at radius 1 is 1.21 bits per heavy atom. The summed E-state index contributed by atoms with van der Waals surface area (Å²) in [5.41, 5.74) is 8.00. The zero-order chi connectivity index (χ0) is 13.2. The molecule has 0 bridgehead atoms. The fourth-order valence-corrected chi connectivity index (χ4v) is 2.85. The molecule has 1 fully saturated rings. The average molecular weight is 257 g/mol. The minimum Gasteiger partial charge on any atom is -0.396 e. The van der Waals surface area contributed by atoms with E-state index in [4.69, 9.17) is 5.73 Å². The van der Waals surface area contributed by atoms with Crippen molar-refractivity contribution in [2.45, 2.75) is 38.1 Å². The van der Waals surface area contributed by atoms with E-state index in [1.165, 1.54) is 19.3 Å². The number of rotatable bonds is 2. The smallest absolute Gasteiger partial charge is 0.270 e. The summed E-state index contributed by atoms with van der Waals surface area (Å²) in [6.45, 7) is 0. The number of H-pyrrole nitrogens is 1. The van der Waals surface area contributed by atoms with Gasteiger partial charge in [0.1, 0.15) is 5.69 Å². The van der Waals surface area contributed by atoms with Crippen molar-refractivity contribution >= 4 is 22.5 Å². The summed E-state index contributed by atoms with van der Waals surface area (Å²) < 4.78 is 0. The first-order chi connectivity index (χ1) is 9.25. The first-order valence-corrected chi connectivity index (χ1v) is 6.93. The molecule has 0 unspecified atom stereocenters. The topological polar surface area (TPSA) is 70.9 Å². The molecule has 4 N–H and O–H groups in total.